The highest BCUT2D eigenvalue weighted by atomic mass is 19.1. The first-order valence-corrected chi connectivity index (χ1v) is 9.15. The van der Waals surface area contributed by atoms with Gasteiger partial charge in [0.15, 0.2) is 0 Å². The second-order valence-electron chi connectivity index (χ2n) is 7.54. The van der Waals surface area contributed by atoms with Gasteiger partial charge in [-0.05, 0) is 43.4 Å². The molecule has 4 rings (SSSR count). The van der Waals surface area contributed by atoms with Crippen molar-refractivity contribution in [3.05, 3.63) is 35.6 Å². The van der Waals surface area contributed by atoms with Gasteiger partial charge in [0, 0.05) is 39.3 Å². The van der Waals surface area contributed by atoms with Crippen LogP contribution in [0.4, 0.5) is 9.18 Å². The van der Waals surface area contributed by atoms with Crippen LogP contribution in [0.1, 0.15) is 31.2 Å². The average molecular weight is 345 g/mol. The van der Waals surface area contributed by atoms with Gasteiger partial charge in [0.25, 0.3) is 0 Å². The van der Waals surface area contributed by atoms with Crippen molar-refractivity contribution in [2.45, 2.75) is 32.2 Å². The van der Waals surface area contributed by atoms with Gasteiger partial charge in [-0.1, -0.05) is 12.1 Å². The minimum Gasteiger partial charge on any atom is -0.338 e. The van der Waals surface area contributed by atoms with E-state index in [0.29, 0.717) is 26.2 Å². The SMILES string of the molecule is O=C(N1CCCC1)N1CCC2(CCN(Cc3cccc(F)c3)C2=O)C1. The number of rotatable bonds is 2. The van der Waals surface area contributed by atoms with Crippen LogP contribution in [0.25, 0.3) is 0 Å². The van der Waals surface area contributed by atoms with Gasteiger partial charge in [-0.25, -0.2) is 9.18 Å². The Bertz CT molecular complexity index is 689. The van der Waals surface area contributed by atoms with Gasteiger partial charge in [-0.3, -0.25) is 4.79 Å². The van der Waals surface area contributed by atoms with Crippen LogP contribution in [0.5, 0.6) is 0 Å². The summed E-state index contributed by atoms with van der Waals surface area (Å²) >= 11 is 0. The number of hydrogen-bond donors (Lipinski definition) is 0. The van der Waals surface area contributed by atoms with Crippen molar-refractivity contribution in [3.8, 4) is 0 Å². The van der Waals surface area contributed by atoms with E-state index < -0.39 is 5.41 Å². The summed E-state index contributed by atoms with van der Waals surface area (Å²) in [6, 6.07) is 6.50. The number of halogens is 1. The number of amides is 3. The van der Waals surface area contributed by atoms with Crippen LogP contribution in [-0.2, 0) is 11.3 Å². The topological polar surface area (TPSA) is 43.9 Å². The Morgan fingerprint density at radius 3 is 2.60 bits per heavy atom. The minimum atomic E-state index is -0.428. The summed E-state index contributed by atoms with van der Waals surface area (Å²) in [5.74, 6) is -0.157. The van der Waals surface area contributed by atoms with E-state index in [9.17, 15) is 14.0 Å². The lowest BCUT2D eigenvalue weighted by atomic mass is 9.85. The summed E-state index contributed by atoms with van der Waals surface area (Å²) in [6.45, 7) is 3.99. The van der Waals surface area contributed by atoms with Gasteiger partial charge in [-0.2, -0.15) is 0 Å². The van der Waals surface area contributed by atoms with Crippen LogP contribution in [0.3, 0.4) is 0 Å². The fourth-order valence-corrected chi connectivity index (χ4v) is 4.42. The molecular weight excluding hydrogens is 321 g/mol. The van der Waals surface area contributed by atoms with Crippen molar-refractivity contribution in [2.24, 2.45) is 5.41 Å². The Morgan fingerprint density at radius 1 is 1.08 bits per heavy atom. The average Bonchev–Trinajstić information content (AvgIpc) is 3.33. The fourth-order valence-electron chi connectivity index (χ4n) is 4.42. The zero-order valence-electron chi connectivity index (χ0n) is 14.4. The predicted octanol–water partition coefficient (Wildman–Crippen LogP) is 2.47. The molecule has 3 aliphatic heterocycles. The van der Waals surface area contributed by atoms with Crippen LogP contribution in [0, 0.1) is 11.2 Å². The molecule has 1 aromatic rings. The molecule has 3 heterocycles. The zero-order chi connectivity index (χ0) is 17.4. The molecule has 1 aromatic carbocycles. The van der Waals surface area contributed by atoms with Crippen molar-refractivity contribution in [1.29, 1.82) is 0 Å². The molecule has 5 nitrogen and oxygen atoms in total. The number of benzene rings is 1. The lowest BCUT2D eigenvalue weighted by Gasteiger charge is -2.26. The minimum absolute atomic E-state index is 0.0887. The first-order valence-electron chi connectivity index (χ1n) is 9.15. The van der Waals surface area contributed by atoms with Crippen molar-refractivity contribution in [2.75, 3.05) is 32.7 Å². The first-order chi connectivity index (χ1) is 12.1. The van der Waals surface area contributed by atoms with E-state index in [1.807, 2.05) is 20.8 Å². The molecule has 3 aliphatic rings. The molecule has 1 atom stereocenters. The van der Waals surface area contributed by atoms with Crippen LogP contribution in [0.2, 0.25) is 0 Å². The van der Waals surface area contributed by atoms with Gasteiger partial charge < -0.3 is 14.7 Å². The van der Waals surface area contributed by atoms with E-state index in [1.165, 1.54) is 12.1 Å². The third-order valence-corrected chi connectivity index (χ3v) is 5.86. The molecule has 25 heavy (non-hydrogen) atoms. The van der Waals surface area contributed by atoms with Gasteiger partial charge in [0.2, 0.25) is 5.91 Å². The van der Waals surface area contributed by atoms with E-state index in [-0.39, 0.29) is 17.8 Å². The summed E-state index contributed by atoms with van der Waals surface area (Å²) < 4.78 is 13.4. The van der Waals surface area contributed by atoms with Crippen LogP contribution in [-0.4, -0.2) is 59.4 Å². The number of urea groups is 1. The highest BCUT2D eigenvalue weighted by Crippen LogP contribution is 2.41. The standard InChI is InChI=1S/C19H24FN3O2/c20-16-5-3-4-15(12-16)13-22-10-6-19(17(22)24)7-11-23(14-19)18(25)21-8-1-2-9-21/h3-5,12H,1-2,6-11,13-14H2. The number of hydrogen-bond acceptors (Lipinski definition) is 2. The monoisotopic (exact) mass is 345 g/mol. The lowest BCUT2D eigenvalue weighted by Crippen LogP contribution is -2.43. The highest BCUT2D eigenvalue weighted by Gasteiger charge is 2.52. The molecule has 0 bridgehead atoms. The molecule has 0 saturated carbocycles. The third kappa shape index (κ3) is 2.98. The molecule has 0 aromatic heterocycles. The number of carbonyl (C=O) groups is 2. The van der Waals surface area contributed by atoms with Gasteiger partial charge in [0.1, 0.15) is 5.82 Å². The zero-order valence-corrected chi connectivity index (χ0v) is 14.4. The largest absolute Gasteiger partial charge is 0.338 e. The second-order valence-corrected chi connectivity index (χ2v) is 7.54. The molecule has 1 unspecified atom stereocenters. The Morgan fingerprint density at radius 2 is 1.84 bits per heavy atom. The van der Waals surface area contributed by atoms with Crippen molar-refractivity contribution in [3.63, 3.8) is 0 Å². The Balaban J connectivity index is 1.42. The van der Waals surface area contributed by atoms with Crippen molar-refractivity contribution >= 4 is 11.9 Å². The van der Waals surface area contributed by atoms with Crippen LogP contribution < -0.4 is 0 Å². The maximum atomic E-state index is 13.4. The summed E-state index contributed by atoms with van der Waals surface area (Å²) in [6.07, 6.45) is 3.67. The first kappa shape index (κ1) is 16.4. The molecule has 3 amide bonds. The molecule has 3 fully saturated rings. The van der Waals surface area contributed by atoms with E-state index in [2.05, 4.69) is 0 Å². The number of likely N-dealkylation sites (tertiary alicyclic amines) is 3. The normalized spacial score (nSPS) is 26.3. The highest BCUT2D eigenvalue weighted by molar-refractivity contribution is 5.87. The molecule has 1 spiro atoms. The van der Waals surface area contributed by atoms with E-state index >= 15 is 0 Å². The fraction of sp³-hybridized carbons (Fsp3) is 0.579. The summed E-state index contributed by atoms with van der Waals surface area (Å²) in [5.41, 5.74) is 0.385. The molecule has 3 saturated heterocycles. The molecule has 0 radical (unpaired) electrons. The van der Waals surface area contributed by atoms with Crippen LogP contribution in [0.15, 0.2) is 24.3 Å². The molecule has 0 aliphatic carbocycles. The molecule has 6 heteroatoms. The summed E-state index contributed by atoms with van der Waals surface area (Å²) in [4.78, 5) is 31.2. The number of nitrogens with zero attached hydrogens (tertiary/aromatic N) is 3. The van der Waals surface area contributed by atoms with Crippen molar-refractivity contribution < 1.29 is 14.0 Å². The summed E-state index contributed by atoms with van der Waals surface area (Å²) in [7, 11) is 0. The predicted molar refractivity (Wildman–Crippen MR) is 91.3 cm³/mol. The Labute approximate surface area is 147 Å². The Kier molecular flexibility index (Phi) is 4.13. The Hall–Kier alpha value is -2.11. The maximum Gasteiger partial charge on any atom is 0.320 e. The van der Waals surface area contributed by atoms with E-state index in [1.54, 1.807) is 6.07 Å². The van der Waals surface area contributed by atoms with Crippen LogP contribution >= 0.6 is 0 Å². The smallest absolute Gasteiger partial charge is 0.320 e. The third-order valence-electron chi connectivity index (χ3n) is 5.86. The maximum absolute atomic E-state index is 13.4. The molecule has 134 valence electrons. The second kappa shape index (κ2) is 6.32. The lowest BCUT2D eigenvalue weighted by molar-refractivity contribution is -0.135. The van der Waals surface area contributed by atoms with Crippen molar-refractivity contribution in [1.82, 2.24) is 14.7 Å². The van der Waals surface area contributed by atoms with Gasteiger partial charge >= 0.3 is 6.03 Å². The molecular formula is C19H24FN3O2. The summed E-state index contributed by atoms with van der Waals surface area (Å²) in [5, 5.41) is 0. The number of carbonyl (C=O) groups excluding carboxylic acids is 2. The molecule has 0 N–H and O–H groups in total. The van der Waals surface area contributed by atoms with Gasteiger partial charge in [0.05, 0.1) is 5.41 Å². The van der Waals surface area contributed by atoms with E-state index in [4.69, 9.17) is 0 Å². The van der Waals surface area contributed by atoms with E-state index in [0.717, 1.165) is 44.3 Å². The van der Waals surface area contributed by atoms with Gasteiger partial charge in [-0.15, -0.1) is 0 Å². The quantitative estimate of drug-likeness (QED) is 0.826.